The number of hydrogen-bond donors (Lipinski definition) is 1. The van der Waals surface area contributed by atoms with E-state index in [2.05, 4.69) is 4.90 Å². The maximum Gasteiger partial charge on any atom is 0.159 e. The second kappa shape index (κ2) is 5.76. The third kappa shape index (κ3) is 3.75. The average Bonchev–Trinajstić information content (AvgIpc) is 2.29. The molecule has 0 radical (unpaired) electrons. The van der Waals surface area contributed by atoms with Crippen molar-refractivity contribution in [1.82, 2.24) is 4.90 Å². The number of aliphatic hydroxyl groups is 1. The van der Waals surface area contributed by atoms with E-state index in [-0.39, 0.29) is 11.7 Å². The van der Waals surface area contributed by atoms with Crippen LogP contribution in [0.15, 0.2) is 18.2 Å². The summed E-state index contributed by atoms with van der Waals surface area (Å²) in [4.78, 5) is 2.08. The minimum atomic E-state index is -0.933. The van der Waals surface area contributed by atoms with Gasteiger partial charge in [-0.25, -0.2) is 8.78 Å². The van der Waals surface area contributed by atoms with Gasteiger partial charge in [-0.2, -0.15) is 0 Å². The molecule has 112 valence electrons. The van der Waals surface area contributed by atoms with Gasteiger partial charge < -0.3 is 9.84 Å². The maximum atomic E-state index is 13.2. The smallest absolute Gasteiger partial charge is 0.159 e. The van der Waals surface area contributed by atoms with Gasteiger partial charge in [0, 0.05) is 19.6 Å². The monoisotopic (exact) mass is 285 g/mol. The fraction of sp³-hybridized carbons (Fsp3) is 0.600. The topological polar surface area (TPSA) is 32.7 Å². The first-order valence-electron chi connectivity index (χ1n) is 6.80. The zero-order valence-electron chi connectivity index (χ0n) is 12.1. The second-order valence-corrected chi connectivity index (χ2v) is 6.07. The largest absolute Gasteiger partial charge is 0.387 e. The third-order valence-electron chi connectivity index (χ3n) is 3.40. The number of β-amino-alcohol motifs (C(OH)–C–C–N with tert-alkyl or cyclic N) is 1. The molecule has 3 nitrogen and oxygen atoms in total. The molecule has 1 aromatic rings. The van der Waals surface area contributed by atoms with Crippen LogP contribution in [-0.2, 0) is 4.74 Å². The van der Waals surface area contributed by atoms with E-state index < -0.39 is 17.7 Å². The molecule has 1 saturated heterocycles. The molecule has 0 spiro atoms. The summed E-state index contributed by atoms with van der Waals surface area (Å²) < 4.78 is 31.9. The molecule has 2 rings (SSSR count). The molecule has 0 aromatic heterocycles. The summed E-state index contributed by atoms with van der Waals surface area (Å²) in [6.45, 7) is 7.77. The number of benzene rings is 1. The van der Waals surface area contributed by atoms with E-state index in [1.165, 1.54) is 6.07 Å². The molecule has 2 atom stereocenters. The van der Waals surface area contributed by atoms with Gasteiger partial charge >= 0.3 is 0 Å². The zero-order chi connectivity index (χ0) is 14.9. The minimum Gasteiger partial charge on any atom is -0.387 e. The molecule has 20 heavy (non-hydrogen) atoms. The summed E-state index contributed by atoms with van der Waals surface area (Å²) in [6, 6.07) is 3.51. The number of morpholine rings is 1. The number of halogens is 2. The molecule has 0 unspecified atom stereocenters. The first-order chi connectivity index (χ1) is 9.27. The van der Waals surface area contributed by atoms with Gasteiger partial charge in [0.1, 0.15) is 0 Å². The number of nitrogens with zero attached hydrogens (tertiary/aromatic N) is 1. The number of rotatable bonds is 3. The Morgan fingerprint density at radius 2 is 2.10 bits per heavy atom. The van der Waals surface area contributed by atoms with Crippen molar-refractivity contribution in [3.05, 3.63) is 35.4 Å². The van der Waals surface area contributed by atoms with E-state index >= 15 is 0 Å². The van der Waals surface area contributed by atoms with Crippen LogP contribution >= 0.6 is 0 Å². The van der Waals surface area contributed by atoms with Gasteiger partial charge in [0.05, 0.1) is 17.8 Å². The first kappa shape index (κ1) is 15.4. The van der Waals surface area contributed by atoms with Crippen molar-refractivity contribution in [2.24, 2.45) is 0 Å². The lowest BCUT2D eigenvalue weighted by molar-refractivity contribution is -0.133. The molecule has 0 saturated carbocycles. The van der Waals surface area contributed by atoms with Crippen LogP contribution in [0.5, 0.6) is 0 Å². The van der Waals surface area contributed by atoms with Gasteiger partial charge in [-0.3, -0.25) is 4.90 Å². The van der Waals surface area contributed by atoms with Crippen LogP contribution in [0.25, 0.3) is 0 Å². The highest BCUT2D eigenvalue weighted by molar-refractivity contribution is 5.20. The molecule has 1 aliphatic heterocycles. The van der Waals surface area contributed by atoms with Crippen LogP contribution < -0.4 is 0 Å². The number of aliphatic hydroxyl groups excluding tert-OH is 1. The molecule has 1 heterocycles. The Kier molecular flexibility index (Phi) is 4.42. The summed E-state index contributed by atoms with van der Waals surface area (Å²) in [6.07, 6.45) is -0.762. The van der Waals surface area contributed by atoms with Crippen LogP contribution in [0.4, 0.5) is 8.78 Å². The van der Waals surface area contributed by atoms with Crippen LogP contribution in [0.3, 0.4) is 0 Å². The fourth-order valence-corrected chi connectivity index (χ4v) is 2.79. The highest BCUT2D eigenvalue weighted by Gasteiger charge is 2.32. The SMILES string of the molecule is C[C@@H]1CN(C[C@@H](O)c2ccc(F)c(F)c2)CC(C)(C)O1. The Hall–Kier alpha value is -1.04. The molecule has 0 bridgehead atoms. The van der Waals surface area contributed by atoms with E-state index in [0.29, 0.717) is 25.2 Å². The molecule has 1 fully saturated rings. The Bertz CT molecular complexity index is 479. The Labute approximate surface area is 118 Å². The highest BCUT2D eigenvalue weighted by Crippen LogP contribution is 2.24. The van der Waals surface area contributed by atoms with E-state index in [4.69, 9.17) is 4.74 Å². The van der Waals surface area contributed by atoms with Gasteiger partial charge in [-0.05, 0) is 38.5 Å². The van der Waals surface area contributed by atoms with Crippen molar-refractivity contribution < 1.29 is 18.6 Å². The van der Waals surface area contributed by atoms with Crippen LogP contribution in [0.2, 0.25) is 0 Å². The summed E-state index contributed by atoms with van der Waals surface area (Å²) in [7, 11) is 0. The molecule has 5 heteroatoms. The predicted molar refractivity (Wildman–Crippen MR) is 72.4 cm³/mol. The fourth-order valence-electron chi connectivity index (χ4n) is 2.79. The lowest BCUT2D eigenvalue weighted by Gasteiger charge is -2.42. The lowest BCUT2D eigenvalue weighted by Crippen LogP contribution is -2.52. The van der Waals surface area contributed by atoms with Gasteiger partial charge in [0.15, 0.2) is 11.6 Å². The summed E-state index contributed by atoms with van der Waals surface area (Å²) in [5.74, 6) is -1.83. The van der Waals surface area contributed by atoms with E-state index in [9.17, 15) is 13.9 Å². The van der Waals surface area contributed by atoms with Gasteiger partial charge in [0.2, 0.25) is 0 Å². The van der Waals surface area contributed by atoms with Crippen molar-refractivity contribution in [2.45, 2.75) is 38.6 Å². The maximum absolute atomic E-state index is 13.2. The van der Waals surface area contributed by atoms with Crippen molar-refractivity contribution >= 4 is 0 Å². The van der Waals surface area contributed by atoms with E-state index in [1.807, 2.05) is 20.8 Å². The minimum absolute atomic E-state index is 0.0795. The van der Waals surface area contributed by atoms with Crippen molar-refractivity contribution in [3.63, 3.8) is 0 Å². The van der Waals surface area contributed by atoms with E-state index in [1.54, 1.807) is 0 Å². The van der Waals surface area contributed by atoms with E-state index in [0.717, 1.165) is 12.1 Å². The molecule has 1 N–H and O–H groups in total. The molecule has 1 aliphatic rings. The normalized spacial score (nSPS) is 24.6. The van der Waals surface area contributed by atoms with Crippen LogP contribution in [0, 0.1) is 11.6 Å². The molecule has 1 aromatic carbocycles. The molecule has 0 aliphatic carbocycles. The van der Waals surface area contributed by atoms with Crippen LogP contribution in [-0.4, -0.2) is 41.3 Å². The quantitative estimate of drug-likeness (QED) is 0.926. The number of hydrogen-bond acceptors (Lipinski definition) is 3. The molecular formula is C15H21F2NO2. The third-order valence-corrected chi connectivity index (χ3v) is 3.40. The summed E-state index contributed by atoms with van der Waals surface area (Å²) in [5, 5.41) is 10.2. The zero-order valence-corrected chi connectivity index (χ0v) is 12.1. The number of ether oxygens (including phenoxy) is 1. The van der Waals surface area contributed by atoms with Gasteiger partial charge in [0.25, 0.3) is 0 Å². The summed E-state index contributed by atoms with van der Waals surface area (Å²) in [5.41, 5.74) is 0.117. The van der Waals surface area contributed by atoms with Gasteiger partial charge in [-0.1, -0.05) is 6.07 Å². The Balaban J connectivity index is 2.03. The Morgan fingerprint density at radius 3 is 2.70 bits per heavy atom. The average molecular weight is 285 g/mol. The highest BCUT2D eigenvalue weighted by atomic mass is 19.2. The van der Waals surface area contributed by atoms with Crippen molar-refractivity contribution in [1.29, 1.82) is 0 Å². The second-order valence-electron chi connectivity index (χ2n) is 6.07. The lowest BCUT2D eigenvalue weighted by atomic mass is 10.0. The molecule has 0 amide bonds. The predicted octanol–water partition coefficient (Wildman–Crippen LogP) is 2.50. The molecular weight excluding hydrogens is 264 g/mol. The Morgan fingerprint density at radius 1 is 1.40 bits per heavy atom. The summed E-state index contributed by atoms with van der Waals surface area (Å²) >= 11 is 0. The van der Waals surface area contributed by atoms with Crippen molar-refractivity contribution in [2.75, 3.05) is 19.6 Å². The first-order valence-corrected chi connectivity index (χ1v) is 6.80. The standard InChI is InChI=1S/C15H21F2NO2/c1-10-7-18(9-15(2,3)20-10)8-14(19)11-4-5-12(16)13(17)6-11/h4-6,10,14,19H,7-9H2,1-3H3/t10-,14-/m1/s1. The van der Waals surface area contributed by atoms with Gasteiger partial charge in [-0.15, -0.1) is 0 Å². The van der Waals surface area contributed by atoms with Crippen LogP contribution in [0.1, 0.15) is 32.4 Å². The van der Waals surface area contributed by atoms with Crippen molar-refractivity contribution in [3.8, 4) is 0 Å².